The molecule has 104 valence electrons. The van der Waals surface area contributed by atoms with Crippen LogP contribution in [0.5, 0.6) is 0 Å². The van der Waals surface area contributed by atoms with Crippen molar-refractivity contribution in [2.45, 2.75) is 26.4 Å². The third kappa shape index (κ3) is 3.31. The summed E-state index contributed by atoms with van der Waals surface area (Å²) in [7, 11) is 0. The number of ether oxygens (including phenoxy) is 1. The molecule has 7 heteroatoms. The van der Waals surface area contributed by atoms with Crippen LogP contribution in [0.3, 0.4) is 0 Å². The molecule has 0 unspecified atom stereocenters. The predicted octanol–water partition coefficient (Wildman–Crippen LogP) is 2.20. The number of thiophene rings is 1. The van der Waals surface area contributed by atoms with Gasteiger partial charge < -0.3 is 10.1 Å². The number of nitrogens with zero attached hydrogens (tertiary/aromatic N) is 2. The molecule has 2 aromatic rings. The molecule has 0 aliphatic heterocycles. The molecular weight excluding hydrogens is 262 g/mol. The summed E-state index contributed by atoms with van der Waals surface area (Å²) in [6.45, 7) is 7.41. The molecule has 0 aromatic carbocycles. The monoisotopic (exact) mass is 281 g/mol. The number of nitrogens with two attached hydrogens (primary N) is 1. The first kappa shape index (κ1) is 14.0. The van der Waals surface area contributed by atoms with Crippen molar-refractivity contribution in [3.8, 4) is 0 Å². The topological polar surface area (TPSA) is 85.1 Å². The number of anilines is 2. The predicted molar refractivity (Wildman–Crippen MR) is 79.4 cm³/mol. The van der Waals surface area contributed by atoms with Crippen LogP contribution in [0.1, 0.15) is 20.8 Å². The van der Waals surface area contributed by atoms with Gasteiger partial charge >= 0.3 is 0 Å². The van der Waals surface area contributed by atoms with Crippen LogP contribution in [-0.2, 0) is 4.74 Å². The van der Waals surface area contributed by atoms with E-state index in [0.717, 1.165) is 16.0 Å². The van der Waals surface area contributed by atoms with Gasteiger partial charge in [-0.15, -0.1) is 11.3 Å². The Labute approximate surface area is 116 Å². The van der Waals surface area contributed by atoms with Gasteiger partial charge in [-0.05, 0) is 32.2 Å². The minimum Gasteiger partial charge on any atom is -0.374 e. The van der Waals surface area contributed by atoms with E-state index in [4.69, 9.17) is 10.6 Å². The lowest BCUT2D eigenvalue weighted by Crippen LogP contribution is -2.33. The minimum atomic E-state index is -0.252. The lowest BCUT2D eigenvalue weighted by Gasteiger charge is -2.25. The molecule has 0 radical (unpaired) electrons. The Morgan fingerprint density at radius 3 is 2.89 bits per heavy atom. The van der Waals surface area contributed by atoms with Gasteiger partial charge in [0, 0.05) is 13.2 Å². The molecule has 0 aliphatic carbocycles. The molecule has 19 heavy (non-hydrogen) atoms. The number of hydrogen-bond donors (Lipinski definition) is 3. The maximum atomic E-state index is 5.66. The first-order valence-corrected chi connectivity index (χ1v) is 7.03. The highest BCUT2D eigenvalue weighted by Gasteiger charge is 2.18. The van der Waals surface area contributed by atoms with E-state index in [0.29, 0.717) is 19.1 Å². The molecule has 0 fully saturated rings. The van der Waals surface area contributed by atoms with Crippen molar-refractivity contribution < 1.29 is 4.74 Å². The number of rotatable bonds is 6. The Kier molecular flexibility index (Phi) is 4.18. The molecule has 4 N–H and O–H groups in total. The summed E-state index contributed by atoms with van der Waals surface area (Å²) in [5, 5.41) is 6.29. The van der Waals surface area contributed by atoms with E-state index in [1.807, 2.05) is 32.2 Å². The van der Waals surface area contributed by atoms with Crippen LogP contribution in [0, 0.1) is 0 Å². The molecule has 2 aromatic heterocycles. The molecule has 0 bridgehead atoms. The van der Waals surface area contributed by atoms with Gasteiger partial charge in [-0.3, -0.25) is 5.43 Å². The number of hydrogen-bond acceptors (Lipinski definition) is 7. The highest BCUT2D eigenvalue weighted by Crippen LogP contribution is 2.26. The van der Waals surface area contributed by atoms with Gasteiger partial charge in [-0.2, -0.15) is 4.98 Å². The van der Waals surface area contributed by atoms with E-state index in [2.05, 4.69) is 20.7 Å². The zero-order valence-corrected chi connectivity index (χ0v) is 12.2. The largest absolute Gasteiger partial charge is 0.374 e. The van der Waals surface area contributed by atoms with Crippen molar-refractivity contribution in [3.63, 3.8) is 0 Å². The van der Waals surface area contributed by atoms with Crippen LogP contribution in [0.25, 0.3) is 10.2 Å². The van der Waals surface area contributed by atoms with E-state index in [1.54, 1.807) is 11.3 Å². The van der Waals surface area contributed by atoms with Gasteiger partial charge in [0.25, 0.3) is 0 Å². The molecule has 0 spiro atoms. The highest BCUT2D eigenvalue weighted by atomic mass is 32.1. The first-order valence-electron chi connectivity index (χ1n) is 6.15. The van der Waals surface area contributed by atoms with Crippen LogP contribution in [0.2, 0.25) is 0 Å². The van der Waals surface area contributed by atoms with Crippen molar-refractivity contribution in [2.75, 3.05) is 23.9 Å². The number of hydrazine groups is 1. The fraction of sp³-hybridized carbons (Fsp3) is 0.500. The maximum absolute atomic E-state index is 5.66. The van der Waals surface area contributed by atoms with Gasteiger partial charge in [0.15, 0.2) is 0 Å². The summed E-state index contributed by atoms with van der Waals surface area (Å²) < 4.78 is 5.66. The number of fused-ring (bicyclic) bond motifs is 1. The second-order valence-electron chi connectivity index (χ2n) is 4.73. The number of aromatic nitrogens is 2. The Morgan fingerprint density at radius 2 is 2.21 bits per heavy atom. The Balaban J connectivity index is 2.22. The van der Waals surface area contributed by atoms with Gasteiger partial charge in [0.05, 0.1) is 11.0 Å². The Bertz CT molecular complexity index is 554. The first-order chi connectivity index (χ1) is 9.05. The number of nitrogens with one attached hydrogen (secondary N) is 2. The smallest absolute Gasteiger partial charge is 0.240 e. The average molecular weight is 281 g/mol. The van der Waals surface area contributed by atoms with Crippen molar-refractivity contribution >= 4 is 33.3 Å². The maximum Gasteiger partial charge on any atom is 0.240 e. The van der Waals surface area contributed by atoms with Crippen molar-refractivity contribution in [1.29, 1.82) is 0 Å². The molecule has 2 heterocycles. The standard InChI is InChI=1S/C12H19N5OS/c1-4-18-12(2,3)7-14-9-8-5-6-19-10(8)16-11(15-9)17-13/h5-6H,4,7,13H2,1-3H3,(H2,14,15,16,17). The second-order valence-corrected chi connectivity index (χ2v) is 5.62. The summed E-state index contributed by atoms with van der Waals surface area (Å²) in [6.07, 6.45) is 0. The Hall–Kier alpha value is -1.44. The van der Waals surface area contributed by atoms with Crippen molar-refractivity contribution in [2.24, 2.45) is 5.84 Å². The summed E-state index contributed by atoms with van der Waals surface area (Å²) in [5.74, 6) is 6.56. The normalized spacial score (nSPS) is 11.8. The zero-order chi connectivity index (χ0) is 13.9. The summed E-state index contributed by atoms with van der Waals surface area (Å²) in [4.78, 5) is 9.55. The molecule has 0 saturated heterocycles. The van der Waals surface area contributed by atoms with Crippen LogP contribution in [0.15, 0.2) is 11.4 Å². The molecule has 0 atom stereocenters. The molecular formula is C12H19N5OS. The summed E-state index contributed by atoms with van der Waals surface area (Å²) in [5.41, 5.74) is 2.23. The average Bonchev–Trinajstić information content (AvgIpc) is 2.83. The fourth-order valence-electron chi connectivity index (χ4n) is 1.79. The van der Waals surface area contributed by atoms with E-state index >= 15 is 0 Å². The summed E-state index contributed by atoms with van der Waals surface area (Å²) >= 11 is 1.56. The van der Waals surface area contributed by atoms with E-state index in [9.17, 15) is 0 Å². The van der Waals surface area contributed by atoms with Crippen LogP contribution in [0.4, 0.5) is 11.8 Å². The third-order valence-corrected chi connectivity index (χ3v) is 3.48. The number of nitrogen functional groups attached to an aromatic ring is 1. The van der Waals surface area contributed by atoms with Crippen molar-refractivity contribution in [3.05, 3.63) is 11.4 Å². The van der Waals surface area contributed by atoms with Crippen LogP contribution in [-0.4, -0.2) is 28.7 Å². The zero-order valence-electron chi connectivity index (χ0n) is 11.4. The molecule has 0 saturated carbocycles. The summed E-state index contributed by atoms with van der Waals surface area (Å²) in [6, 6.07) is 2.00. The van der Waals surface area contributed by atoms with Gasteiger partial charge in [-0.1, -0.05) is 0 Å². The third-order valence-electron chi connectivity index (χ3n) is 2.67. The quantitative estimate of drug-likeness (QED) is 0.556. The van der Waals surface area contributed by atoms with Crippen molar-refractivity contribution in [1.82, 2.24) is 9.97 Å². The minimum absolute atomic E-state index is 0.252. The molecule has 0 amide bonds. The lowest BCUT2D eigenvalue weighted by molar-refractivity contribution is 0.000664. The van der Waals surface area contributed by atoms with Gasteiger partial charge in [-0.25, -0.2) is 10.8 Å². The SMILES string of the molecule is CCOC(C)(C)CNc1nc(NN)nc2sccc12. The van der Waals surface area contributed by atoms with Gasteiger partial charge in [0.1, 0.15) is 10.6 Å². The van der Waals surface area contributed by atoms with E-state index in [-0.39, 0.29) is 5.60 Å². The van der Waals surface area contributed by atoms with Gasteiger partial charge in [0.2, 0.25) is 5.95 Å². The van der Waals surface area contributed by atoms with E-state index in [1.165, 1.54) is 0 Å². The molecule has 0 aliphatic rings. The van der Waals surface area contributed by atoms with Crippen LogP contribution < -0.4 is 16.6 Å². The van der Waals surface area contributed by atoms with E-state index < -0.39 is 0 Å². The fourth-order valence-corrected chi connectivity index (χ4v) is 2.56. The second kappa shape index (κ2) is 5.68. The lowest BCUT2D eigenvalue weighted by atomic mass is 10.1. The molecule has 2 rings (SSSR count). The Morgan fingerprint density at radius 1 is 1.42 bits per heavy atom. The molecule has 6 nitrogen and oxygen atoms in total. The van der Waals surface area contributed by atoms with Crippen LogP contribution >= 0.6 is 11.3 Å². The highest BCUT2D eigenvalue weighted by molar-refractivity contribution is 7.16.